The maximum Gasteiger partial charge on any atom is 0.245 e. The Hall–Kier alpha value is -1.47. The van der Waals surface area contributed by atoms with Crippen LogP contribution in [-0.4, -0.2) is 55.4 Å². The summed E-state index contributed by atoms with van der Waals surface area (Å²) in [5.74, 6) is 0.0891. The van der Waals surface area contributed by atoms with Crippen LogP contribution in [0.5, 0.6) is 0 Å². The maximum atomic E-state index is 12.7. The number of carbonyl (C=O) groups excluding carboxylic acids is 2. The first-order valence-electron chi connectivity index (χ1n) is 8.75. The number of anilines is 1. The van der Waals surface area contributed by atoms with Gasteiger partial charge in [0.15, 0.2) is 5.13 Å². The molecule has 2 rings (SSSR count). The topological polar surface area (TPSA) is 66.7 Å². The van der Waals surface area contributed by atoms with Gasteiger partial charge in [-0.2, -0.15) is 0 Å². The summed E-state index contributed by atoms with van der Waals surface area (Å²) in [7, 11) is 4.20. The predicted molar refractivity (Wildman–Crippen MR) is 96.3 cm³/mol. The van der Waals surface area contributed by atoms with Crippen molar-refractivity contribution in [3.63, 3.8) is 0 Å². The van der Waals surface area contributed by atoms with E-state index in [4.69, 9.17) is 0 Å². The van der Waals surface area contributed by atoms with Gasteiger partial charge in [0.25, 0.3) is 0 Å². The largest absolute Gasteiger partial charge is 0.340 e. The minimum Gasteiger partial charge on any atom is -0.340 e. The van der Waals surface area contributed by atoms with Gasteiger partial charge < -0.3 is 15.1 Å². The van der Waals surface area contributed by atoms with Gasteiger partial charge >= 0.3 is 0 Å². The van der Waals surface area contributed by atoms with Gasteiger partial charge in [0.1, 0.15) is 0 Å². The van der Waals surface area contributed by atoms with E-state index < -0.39 is 0 Å². The Kier molecular flexibility index (Phi) is 7.17. The molecule has 0 saturated heterocycles. The van der Waals surface area contributed by atoms with Crippen molar-refractivity contribution in [2.24, 2.45) is 5.92 Å². The summed E-state index contributed by atoms with van der Waals surface area (Å²) in [6.07, 6.45) is 5.07. The van der Waals surface area contributed by atoms with E-state index >= 15 is 0 Å². The van der Waals surface area contributed by atoms with Crippen molar-refractivity contribution in [3.8, 4) is 0 Å². The summed E-state index contributed by atoms with van der Waals surface area (Å²) in [4.78, 5) is 32.4. The lowest BCUT2D eigenvalue weighted by Gasteiger charge is -2.25. The number of nitrogens with zero attached hydrogens (tertiary/aromatic N) is 2. The summed E-state index contributed by atoms with van der Waals surface area (Å²) in [6, 6.07) is 0. The van der Waals surface area contributed by atoms with Crippen LogP contribution in [0.2, 0.25) is 0 Å². The molecule has 1 aromatic rings. The van der Waals surface area contributed by atoms with Crippen molar-refractivity contribution in [2.45, 2.75) is 39.0 Å². The SMILES string of the molecule is Cc1csc(NC(=O)CN(CCC[NH+](C)C)C(=O)C2CCCC2)n1. The Balaban J connectivity index is 1.92. The Bertz CT molecular complexity index is 553. The Labute approximate surface area is 148 Å². The lowest BCUT2D eigenvalue weighted by molar-refractivity contribution is -0.858. The average Bonchev–Trinajstić information content (AvgIpc) is 3.17. The minimum atomic E-state index is -0.159. The van der Waals surface area contributed by atoms with Crippen LogP contribution in [0.15, 0.2) is 5.38 Å². The summed E-state index contributed by atoms with van der Waals surface area (Å²) < 4.78 is 0. The third-order valence-corrected chi connectivity index (χ3v) is 5.20. The molecule has 134 valence electrons. The van der Waals surface area contributed by atoms with Crippen molar-refractivity contribution < 1.29 is 14.5 Å². The van der Waals surface area contributed by atoms with E-state index in [1.165, 1.54) is 16.2 Å². The molecule has 1 aliphatic carbocycles. The van der Waals surface area contributed by atoms with Crippen LogP contribution in [0.1, 0.15) is 37.8 Å². The number of amides is 2. The molecule has 0 radical (unpaired) electrons. The molecule has 0 aromatic carbocycles. The molecule has 2 amide bonds. The molecule has 1 heterocycles. The number of carbonyl (C=O) groups is 2. The maximum absolute atomic E-state index is 12.7. The van der Waals surface area contributed by atoms with Crippen LogP contribution in [0.25, 0.3) is 0 Å². The zero-order valence-corrected chi connectivity index (χ0v) is 15.7. The summed E-state index contributed by atoms with van der Waals surface area (Å²) in [5.41, 5.74) is 0.892. The summed E-state index contributed by atoms with van der Waals surface area (Å²) >= 11 is 1.41. The van der Waals surface area contributed by atoms with Crippen LogP contribution < -0.4 is 10.2 Å². The second kappa shape index (κ2) is 9.13. The molecule has 1 fully saturated rings. The van der Waals surface area contributed by atoms with E-state index in [9.17, 15) is 9.59 Å². The van der Waals surface area contributed by atoms with Gasteiger partial charge in [-0.05, 0) is 19.8 Å². The zero-order valence-electron chi connectivity index (χ0n) is 14.9. The molecule has 1 aromatic heterocycles. The minimum absolute atomic E-state index is 0.103. The molecule has 0 spiro atoms. The number of nitrogens with one attached hydrogen (secondary N) is 2. The number of aromatic nitrogens is 1. The van der Waals surface area contributed by atoms with Crippen molar-refractivity contribution in [1.82, 2.24) is 9.88 Å². The molecular formula is C17H29N4O2S+. The van der Waals surface area contributed by atoms with Crippen LogP contribution in [0.4, 0.5) is 5.13 Å². The highest BCUT2D eigenvalue weighted by molar-refractivity contribution is 7.13. The van der Waals surface area contributed by atoms with Gasteiger partial charge in [0, 0.05) is 24.3 Å². The van der Waals surface area contributed by atoms with Gasteiger partial charge in [-0.15, -0.1) is 11.3 Å². The number of rotatable bonds is 8. The summed E-state index contributed by atoms with van der Waals surface area (Å²) in [6.45, 7) is 3.65. The van der Waals surface area contributed by atoms with Crippen molar-refractivity contribution >= 4 is 28.3 Å². The number of aryl methyl sites for hydroxylation is 1. The van der Waals surface area contributed by atoms with E-state index in [-0.39, 0.29) is 24.3 Å². The molecule has 0 bridgehead atoms. The lowest BCUT2D eigenvalue weighted by Crippen LogP contribution is -3.05. The third-order valence-electron chi connectivity index (χ3n) is 4.32. The van der Waals surface area contributed by atoms with E-state index in [0.29, 0.717) is 11.7 Å². The molecule has 6 nitrogen and oxygen atoms in total. The van der Waals surface area contributed by atoms with Crippen LogP contribution in [0, 0.1) is 12.8 Å². The van der Waals surface area contributed by atoms with Gasteiger partial charge in [-0.1, -0.05) is 12.8 Å². The van der Waals surface area contributed by atoms with Crippen molar-refractivity contribution in [3.05, 3.63) is 11.1 Å². The monoisotopic (exact) mass is 353 g/mol. The van der Waals surface area contributed by atoms with E-state index in [1.807, 2.05) is 12.3 Å². The average molecular weight is 354 g/mol. The molecule has 24 heavy (non-hydrogen) atoms. The highest BCUT2D eigenvalue weighted by Crippen LogP contribution is 2.26. The highest BCUT2D eigenvalue weighted by atomic mass is 32.1. The predicted octanol–water partition coefficient (Wildman–Crippen LogP) is 0.943. The molecule has 0 atom stereocenters. The fraction of sp³-hybridized carbons (Fsp3) is 0.706. The number of quaternary nitrogens is 1. The fourth-order valence-corrected chi connectivity index (χ4v) is 3.77. The number of hydrogen-bond donors (Lipinski definition) is 2. The van der Waals surface area contributed by atoms with Gasteiger partial charge in [-0.25, -0.2) is 4.98 Å². The highest BCUT2D eigenvalue weighted by Gasteiger charge is 2.28. The lowest BCUT2D eigenvalue weighted by atomic mass is 10.1. The van der Waals surface area contributed by atoms with Crippen molar-refractivity contribution in [2.75, 3.05) is 39.0 Å². The second-order valence-corrected chi connectivity index (χ2v) is 7.75. The fourth-order valence-electron chi connectivity index (χ4n) is 3.07. The van der Waals surface area contributed by atoms with E-state index in [0.717, 1.165) is 44.3 Å². The van der Waals surface area contributed by atoms with Crippen molar-refractivity contribution in [1.29, 1.82) is 0 Å². The van der Waals surface area contributed by atoms with Gasteiger partial charge in [0.2, 0.25) is 11.8 Å². The Morgan fingerprint density at radius 3 is 2.67 bits per heavy atom. The molecule has 7 heteroatoms. The molecule has 0 unspecified atom stereocenters. The third kappa shape index (κ3) is 5.87. The Morgan fingerprint density at radius 1 is 1.38 bits per heavy atom. The first-order chi connectivity index (χ1) is 11.5. The standard InChI is InChI=1S/C17H28N4O2S/c1-13-12-24-17(18-13)19-15(22)11-21(10-6-9-20(2)3)16(23)14-7-4-5-8-14/h12,14H,4-11H2,1-3H3,(H,18,19,22)/p+1. The van der Waals surface area contributed by atoms with Crippen LogP contribution in [0.3, 0.4) is 0 Å². The van der Waals surface area contributed by atoms with Gasteiger partial charge in [0.05, 0.1) is 32.9 Å². The number of hydrogen-bond acceptors (Lipinski definition) is 4. The molecule has 0 aliphatic heterocycles. The summed E-state index contributed by atoms with van der Waals surface area (Å²) in [5, 5.41) is 5.31. The normalized spacial score (nSPS) is 15.0. The van der Waals surface area contributed by atoms with Crippen LogP contribution >= 0.6 is 11.3 Å². The number of thiazole rings is 1. The van der Waals surface area contributed by atoms with Gasteiger partial charge in [-0.3, -0.25) is 9.59 Å². The first kappa shape index (κ1) is 18.9. The van der Waals surface area contributed by atoms with E-state index in [2.05, 4.69) is 24.4 Å². The first-order valence-corrected chi connectivity index (χ1v) is 9.63. The smallest absolute Gasteiger partial charge is 0.245 e. The molecule has 1 saturated carbocycles. The Morgan fingerprint density at radius 2 is 2.08 bits per heavy atom. The quantitative estimate of drug-likeness (QED) is 0.731. The van der Waals surface area contributed by atoms with E-state index in [1.54, 1.807) is 4.90 Å². The molecule has 2 N–H and O–H groups in total. The molecular weight excluding hydrogens is 324 g/mol. The second-order valence-electron chi connectivity index (χ2n) is 6.89. The van der Waals surface area contributed by atoms with Crippen LogP contribution in [-0.2, 0) is 9.59 Å². The zero-order chi connectivity index (χ0) is 17.5. The molecule has 1 aliphatic rings.